The Bertz CT molecular complexity index is 1110. The number of nitrogens with one attached hydrogen (secondary N) is 1. The molecular formula is C21H21FN2O3S. The molecule has 0 aliphatic carbocycles. The maximum Gasteiger partial charge on any atom is 0.243 e. The van der Waals surface area contributed by atoms with Crippen molar-refractivity contribution in [2.75, 3.05) is 10.6 Å². The first-order valence-corrected chi connectivity index (χ1v) is 10.6. The van der Waals surface area contributed by atoms with Crippen molar-refractivity contribution < 1.29 is 17.6 Å². The summed E-state index contributed by atoms with van der Waals surface area (Å²) in [6.45, 7) is 1.73. The predicted molar refractivity (Wildman–Crippen MR) is 109 cm³/mol. The molecule has 0 saturated heterocycles. The minimum atomic E-state index is -3.79. The van der Waals surface area contributed by atoms with Gasteiger partial charge in [0.05, 0.1) is 11.9 Å². The number of carbonyl (C=O) groups is 1. The first-order valence-electron chi connectivity index (χ1n) is 8.76. The highest BCUT2D eigenvalue weighted by molar-refractivity contribution is 7.92. The smallest absolute Gasteiger partial charge is 0.243 e. The highest BCUT2D eigenvalue weighted by Crippen LogP contribution is 2.22. The van der Waals surface area contributed by atoms with Gasteiger partial charge in [0.1, 0.15) is 11.9 Å². The van der Waals surface area contributed by atoms with Gasteiger partial charge in [0.15, 0.2) is 0 Å². The van der Waals surface area contributed by atoms with Gasteiger partial charge in [0.2, 0.25) is 15.9 Å². The van der Waals surface area contributed by atoms with Gasteiger partial charge in [-0.1, -0.05) is 48.5 Å². The fraction of sp³-hybridized carbons (Fsp3) is 0.190. The molecule has 0 heterocycles. The number of hydrogen-bond acceptors (Lipinski definition) is 3. The zero-order valence-electron chi connectivity index (χ0n) is 15.6. The van der Waals surface area contributed by atoms with Crippen molar-refractivity contribution in [2.45, 2.75) is 19.5 Å². The molecule has 1 N–H and O–H groups in total. The second-order valence-corrected chi connectivity index (χ2v) is 8.43. The number of anilines is 1. The average Bonchev–Trinajstić information content (AvgIpc) is 2.65. The van der Waals surface area contributed by atoms with Crippen LogP contribution in [0.15, 0.2) is 66.7 Å². The molecule has 3 aromatic rings. The summed E-state index contributed by atoms with van der Waals surface area (Å²) in [4.78, 5) is 12.7. The van der Waals surface area contributed by atoms with Crippen LogP contribution in [0.25, 0.3) is 10.8 Å². The molecule has 0 saturated carbocycles. The number of amides is 1. The van der Waals surface area contributed by atoms with Gasteiger partial charge in [-0.3, -0.25) is 9.10 Å². The number of fused-ring (bicyclic) bond motifs is 1. The third-order valence-electron chi connectivity index (χ3n) is 4.48. The zero-order chi connectivity index (χ0) is 20.3. The second-order valence-electron chi connectivity index (χ2n) is 6.57. The molecule has 0 radical (unpaired) electrons. The lowest BCUT2D eigenvalue weighted by atomic mass is 10.0. The molecule has 0 aromatic heterocycles. The molecule has 0 aliphatic rings. The largest absolute Gasteiger partial charge is 0.350 e. The molecule has 0 spiro atoms. The summed E-state index contributed by atoms with van der Waals surface area (Å²) in [6.07, 6.45) is 0.992. The highest BCUT2D eigenvalue weighted by Gasteiger charge is 2.29. The standard InChI is InChI=1S/C21H21FN2O3S/c1-15(24(28(2,26)27)19-11-6-10-18(22)13-19)21(25)23-14-17-9-5-8-16-7-3-4-12-20(16)17/h3-13,15H,14H2,1-2H3,(H,23,25). The summed E-state index contributed by atoms with van der Waals surface area (Å²) in [5.41, 5.74) is 1.03. The number of nitrogens with zero attached hydrogens (tertiary/aromatic N) is 1. The summed E-state index contributed by atoms with van der Waals surface area (Å²) >= 11 is 0. The lowest BCUT2D eigenvalue weighted by molar-refractivity contribution is -0.122. The van der Waals surface area contributed by atoms with Gasteiger partial charge in [-0.2, -0.15) is 0 Å². The van der Waals surface area contributed by atoms with E-state index in [9.17, 15) is 17.6 Å². The Kier molecular flexibility index (Phi) is 5.65. The van der Waals surface area contributed by atoms with Crippen LogP contribution in [0.3, 0.4) is 0 Å². The summed E-state index contributed by atoms with van der Waals surface area (Å²) in [5, 5.41) is 4.86. The van der Waals surface area contributed by atoms with Gasteiger partial charge in [-0.15, -0.1) is 0 Å². The van der Waals surface area contributed by atoms with E-state index in [0.717, 1.165) is 33.0 Å². The quantitative estimate of drug-likeness (QED) is 0.689. The van der Waals surface area contributed by atoms with Crippen LogP contribution >= 0.6 is 0 Å². The van der Waals surface area contributed by atoms with Crippen LogP contribution in [0.4, 0.5) is 10.1 Å². The number of benzene rings is 3. The lowest BCUT2D eigenvalue weighted by Gasteiger charge is -2.28. The van der Waals surface area contributed by atoms with E-state index in [2.05, 4.69) is 5.32 Å². The van der Waals surface area contributed by atoms with Gasteiger partial charge < -0.3 is 5.32 Å². The van der Waals surface area contributed by atoms with Crippen LogP contribution in [-0.2, 0) is 21.4 Å². The lowest BCUT2D eigenvalue weighted by Crippen LogP contribution is -2.47. The van der Waals surface area contributed by atoms with Gasteiger partial charge in [-0.25, -0.2) is 12.8 Å². The SMILES string of the molecule is CC(C(=O)NCc1cccc2ccccc12)N(c1cccc(F)c1)S(C)(=O)=O. The van der Waals surface area contributed by atoms with Gasteiger partial charge >= 0.3 is 0 Å². The highest BCUT2D eigenvalue weighted by atomic mass is 32.2. The first-order chi connectivity index (χ1) is 13.3. The van der Waals surface area contributed by atoms with Crippen molar-refractivity contribution in [3.63, 3.8) is 0 Å². The third kappa shape index (κ3) is 4.31. The summed E-state index contributed by atoms with van der Waals surface area (Å²) in [5.74, 6) is -1.04. The van der Waals surface area contributed by atoms with Gasteiger partial charge in [0.25, 0.3) is 0 Å². The molecule has 3 rings (SSSR count). The Labute approximate surface area is 163 Å². The predicted octanol–water partition coefficient (Wildman–Crippen LogP) is 3.45. The number of rotatable bonds is 6. The van der Waals surface area contributed by atoms with E-state index in [0.29, 0.717) is 0 Å². The molecular weight excluding hydrogens is 379 g/mol. The Morgan fingerprint density at radius 2 is 1.75 bits per heavy atom. The number of halogens is 1. The third-order valence-corrected chi connectivity index (χ3v) is 5.73. The van der Waals surface area contributed by atoms with Crippen molar-refractivity contribution >= 4 is 32.4 Å². The van der Waals surface area contributed by atoms with Crippen LogP contribution in [-0.4, -0.2) is 26.6 Å². The summed E-state index contributed by atoms with van der Waals surface area (Å²) in [7, 11) is -3.79. The first kappa shape index (κ1) is 19.8. The zero-order valence-corrected chi connectivity index (χ0v) is 16.4. The van der Waals surface area contributed by atoms with Crippen LogP contribution in [0.5, 0.6) is 0 Å². The van der Waals surface area contributed by atoms with Crippen molar-refractivity contribution in [3.05, 3.63) is 78.1 Å². The van der Waals surface area contributed by atoms with Crippen molar-refractivity contribution in [2.24, 2.45) is 0 Å². The van der Waals surface area contributed by atoms with Crippen molar-refractivity contribution in [1.29, 1.82) is 0 Å². The number of hydrogen-bond donors (Lipinski definition) is 1. The molecule has 5 nitrogen and oxygen atoms in total. The molecule has 3 aromatic carbocycles. The summed E-state index contributed by atoms with van der Waals surface area (Å²) < 4.78 is 39.0. The van der Waals surface area contributed by atoms with Crippen molar-refractivity contribution in [3.8, 4) is 0 Å². The fourth-order valence-electron chi connectivity index (χ4n) is 3.20. The van der Waals surface area contributed by atoms with E-state index in [1.165, 1.54) is 25.1 Å². The van der Waals surface area contributed by atoms with Crippen LogP contribution in [0, 0.1) is 5.82 Å². The molecule has 1 amide bonds. The van der Waals surface area contributed by atoms with Gasteiger partial charge in [0, 0.05) is 6.54 Å². The van der Waals surface area contributed by atoms with E-state index >= 15 is 0 Å². The molecule has 1 unspecified atom stereocenters. The Morgan fingerprint density at radius 3 is 2.46 bits per heavy atom. The molecule has 28 heavy (non-hydrogen) atoms. The van der Waals surface area contributed by atoms with Crippen LogP contribution in [0.2, 0.25) is 0 Å². The number of carbonyl (C=O) groups excluding carboxylic acids is 1. The maximum atomic E-state index is 13.6. The molecule has 0 aliphatic heterocycles. The monoisotopic (exact) mass is 400 g/mol. The Morgan fingerprint density at radius 1 is 1.07 bits per heavy atom. The number of sulfonamides is 1. The Balaban J connectivity index is 1.82. The molecule has 0 bridgehead atoms. The molecule has 7 heteroatoms. The minimum absolute atomic E-state index is 0.107. The fourth-order valence-corrected chi connectivity index (χ4v) is 4.37. The van der Waals surface area contributed by atoms with E-state index < -0.39 is 27.8 Å². The summed E-state index contributed by atoms with van der Waals surface area (Å²) in [6, 6.07) is 17.8. The Hall–Kier alpha value is -2.93. The van der Waals surface area contributed by atoms with E-state index in [-0.39, 0.29) is 12.2 Å². The normalized spacial score (nSPS) is 12.5. The van der Waals surface area contributed by atoms with E-state index in [1.807, 2.05) is 42.5 Å². The van der Waals surface area contributed by atoms with E-state index in [4.69, 9.17) is 0 Å². The molecule has 0 fully saturated rings. The van der Waals surface area contributed by atoms with E-state index in [1.54, 1.807) is 0 Å². The average molecular weight is 400 g/mol. The van der Waals surface area contributed by atoms with Crippen LogP contribution in [0.1, 0.15) is 12.5 Å². The van der Waals surface area contributed by atoms with Crippen molar-refractivity contribution in [1.82, 2.24) is 5.32 Å². The van der Waals surface area contributed by atoms with Gasteiger partial charge in [-0.05, 0) is 41.5 Å². The minimum Gasteiger partial charge on any atom is -0.350 e. The maximum absolute atomic E-state index is 13.6. The molecule has 1 atom stereocenters. The second kappa shape index (κ2) is 7.98. The van der Waals surface area contributed by atoms with Crippen LogP contribution < -0.4 is 9.62 Å². The molecule has 146 valence electrons. The topological polar surface area (TPSA) is 66.5 Å².